The van der Waals surface area contributed by atoms with Crippen LogP contribution in [0.4, 0.5) is 0 Å². The van der Waals surface area contributed by atoms with Crippen molar-refractivity contribution in [2.75, 3.05) is 6.61 Å². The molecule has 0 saturated heterocycles. The predicted octanol–water partition coefficient (Wildman–Crippen LogP) is 1.20. The van der Waals surface area contributed by atoms with Crippen LogP contribution < -0.4 is 11.3 Å². The van der Waals surface area contributed by atoms with Crippen molar-refractivity contribution < 1.29 is 4.74 Å². The lowest BCUT2D eigenvalue weighted by atomic mass is 10.0. The molecule has 1 unspecified atom stereocenters. The van der Waals surface area contributed by atoms with Gasteiger partial charge >= 0.3 is 0 Å². The number of aromatic nitrogens is 1. The molecule has 0 radical (unpaired) electrons. The van der Waals surface area contributed by atoms with Crippen LogP contribution in [0.2, 0.25) is 0 Å². The summed E-state index contributed by atoms with van der Waals surface area (Å²) in [5.74, 6) is 6.47. The van der Waals surface area contributed by atoms with Crippen LogP contribution >= 0.6 is 0 Å². The van der Waals surface area contributed by atoms with Gasteiger partial charge in [-0.25, -0.2) is 5.43 Å². The quantitative estimate of drug-likeness (QED) is 0.575. The molecule has 1 aromatic rings. The van der Waals surface area contributed by atoms with Gasteiger partial charge in [0.15, 0.2) is 0 Å². The number of rotatable bonds is 3. The van der Waals surface area contributed by atoms with Gasteiger partial charge in [-0.2, -0.15) is 0 Å². The van der Waals surface area contributed by atoms with E-state index in [4.69, 9.17) is 10.6 Å². The van der Waals surface area contributed by atoms with Crippen molar-refractivity contribution in [2.24, 2.45) is 5.84 Å². The number of nitrogens with two attached hydrogens (primary N) is 1. The van der Waals surface area contributed by atoms with Crippen LogP contribution in [0.3, 0.4) is 0 Å². The molecular weight excluding hydrogens is 190 g/mol. The summed E-state index contributed by atoms with van der Waals surface area (Å²) >= 11 is 0. The zero-order valence-electron chi connectivity index (χ0n) is 8.73. The summed E-state index contributed by atoms with van der Waals surface area (Å²) in [5.41, 5.74) is 5.00. The largest absolute Gasteiger partial charge is 0.496 e. The molecule has 1 atom stereocenters. The van der Waals surface area contributed by atoms with Crippen LogP contribution in [0.25, 0.3) is 0 Å². The number of hydrogen-bond donors (Lipinski definition) is 2. The maximum absolute atomic E-state index is 5.56. The third-order valence-corrected chi connectivity index (χ3v) is 2.56. The summed E-state index contributed by atoms with van der Waals surface area (Å²) in [4.78, 5) is 4.06. The first kappa shape index (κ1) is 10.1. The monoisotopic (exact) mass is 205 g/mol. The van der Waals surface area contributed by atoms with Gasteiger partial charge in [0, 0.05) is 18.8 Å². The van der Waals surface area contributed by atoms with Crippen LogP contribution in [0.15, 0.2) is 30.3 Å². The Morgan fingerprint density at radius 1 is 1.60 bits per heavy atom. The molecule has 2 rings (SSSR count). The van der Waals surface area contributed by atoms with Gasteiger partial charge in [-0.05, 0) is 30.2 Å². The first-order chi connectivity index (χ1) is 7.33. The summed E-state index contributed by atoms with van der Waals surface area (Å²) in [7, 11) is 0. The van der Waals surface area contributed by atoms with Crippen molar-refractivity contribution in [3.05, 3.63) is 41.4 Å². The van der Waals surface area contributed by atoms with Gasteiger partial charge in [-0.1, -0.05) is 0 Å². The molecule has 0 amide bonds. The molecule has 0 fully saturated rings. The molecule has 1 aromatic heterocycles. The Balaban J connectivity index is 2.30. The molecule has 3 N–H and O–H groups in total. The summed E-state index contributed by atoms with van der Waals surface area (Å²) in [6.45, 7) is 2.76. The van der Waals surface area contributed by atoms with Crippen molar-refractivity contribution in [2.45, 2.75) is 19.4 Å². The van der Waals surface area contributed by atoms with E-state index in [1.165, 1.54) is 0 Å². The molecule has 0 aliphatic carbocycles. The van der Waals surface area contributed by atoms with Crippen molar-refractivity contribution >= 4 is 0 Å². The minimum Gasteiger partial charge on any atom is -0.496 e. The van der Waals surface area contributed by atoms with Crippen LogP contribution in [0.1, 0.15) is 23.6 Å². The van der Waals surface area contributed by atoms with Crippen molar-refractivity contribution in [3.8, 4) is 0 Å². The lowest BCUT2D eigenvalue weighted by Gasteiger charge is -2.19. The first-order valence-electron chi connectivity index (χ1n) is 5.02. The number of nitrogens with one attached hydrogen (secondary N) is 1. The van der Waals surface area contributed by atoms with Gasteiger partial charge in [-0.3, -0.25) is 10.8 Å². The Hall–Kier alpha value is -1.39. The maximum Gasteiger partial charge on any atom is 0.115 e. The van der Waals surface area contributed by atoms with Crippen LogP contribution in [0, 0.1) is 6.92 Å². The van der Waals surface area contributed by atoms with E-state index in [0.717, 1.165) is 29.9 Å². The molecule has 2 heterocycles. The standard InChI is InChI=1S/C11H15N3O/c1-8-7-13-5-4-9(8)11(14-12)10-3-2-6-15-10/h3-5,7,11,14H,2,6,12H2,1H3. The number of ether oxygens (including phenoxy) is 1. The van der Waals surface area contributed by atoms with E-state index >= 15 is 0 Å². The fourth-order valence-corrected chi connectivity index (χ4v) is 1.77. The molecular formula is C11H15N3O. The minimum absolute atomic E-state index is 0.0597. The minimum atomic E-state index is -0.0597. The van der Waals surface area contributed by atoms with E-state index in [1.54, 1.807) is 6.20 Å². The SMILES string of the molecule is Cc1cnccc1C(NN)C1=CCCO1. The average molecular weight is 205 g/mol. The highest BCUT2D eigenvalue weighted by atomic mass is 16.5. The number of hydrogen-bond acceptors (Lipinski definition) is 4. The predicted molar refractivity (Wildman–Crippen MR) is 57.7 cm³/mol. The summed E-state index contributed by atoms with van der Waals surface area (Å²) < 4.78 is 5.51. The molecule has 80 valence electrons. The second-order valence-corrected chi connectivity index (χ2v) is 3.58. The summed E-state index contributed by atoms with van der Waals surface area (Å²) in [6, 6.07) is 1.90. The second kappa shape index (κ2) is 4.42. The van der Waals surface area contributed by atoms with Crippen LogP contribution in [-0.4, -0.2) is 11.6 Å². The Labute approximate surface area is 89.1 Å². The fourth-order valence-electron chi connectivity index (χ4n) is 1.77. The molecule has 0 aromatic carbocycles. The third-order valence-electron chi connectivity index (χ3n) is 2.56. The lowest BCUT2D eigenvalue weighted by molar-refractivity contribution is 0.215. The molecule has 15 heavy (non-hydrogen) atoms. The van der Waals surface area contributed by atoms with Crippen LogP contribution in [-0.2, 0) is 4.74 Å². The summed E-state index contributed by atoms with van der Waals surface area (Å²) in [5, 5.41) is 0. The molecule has 4 nitrogen and oxygen atoms in total. The highest BCUT2D eigenvalue weighted by molar-refractivity contribution is 5.31. The highest BCUT2D eigenvalue weighted by Gasteiger charge is 2.20. The average Bonchev–Trinajstić information content (AvgIpc) is 2.75. The Morgan fingerprint density at radius 3 is 3.07 bits per heavy atom. The zero-order chi connectivity index (χ0) is 10.7. The second-order valence-electron chi connectivity index (χ2n) is 3.58. The highest BCUT2D eigenvalue weighted by Crippen LogP contribution is 2.27. The van der Waals surface area contributed by atoms with E-state index in [1.807, 2.05) is 19.2 Å². The van der Waals surface area contributed by atoms with Gasteiger partial charge in [0.2, 0.25) is 0 Å². The van der Waals surface area contributed by atoms with Crippen molar-refractivity contribution in [3.63, 3.8) is 0 Å². The van der Waals surface area contributed by atoms with E-state index in [9.17, 15) is 0 Å². The van der Waals surface area contributed by atoms with E-state index in [-0.39, 0.29) is 6.04 Å². The number of nitrogens with zero attached hydrogens (tertiary/aromatic N) is 1. The summed E-state index contributed by atoms with van der Waals surface area (Å²) in [6.07, 6.45) is 6.62. The van der Waals surface area contributed by atoms with Gasteiger partial charge in [0.1, 0.15) is 11.8 Å². The van der Waals surface area contributed by atoms with Crippen LogP contribution in [0.5, 0.6) is 0 Å². The Kier molecular flexibility index (Phi) is 2.99. The normalized spacial score (nSPS) is 17.1. The first-order valence-corrected chi connectivity index (χ1v) is 5.02. The molecule has 1 aliphatic heterocycles. The van der Waals surface area contributed by atoms with Gasteiger partial charge in [0.05, 0.1) is 6.61 Å². The molecule has 0 saturated carbocycles. The Morgan fingerprint density at radius 2 is 2.47 bits per heavy atom. The maximum atomic E-state index is 5.56. The molecule has 1 aliphatic rings. The van der Waals surface area contributed by atoms with E-state index in [0.29, 0.717) is 0 Å². The van der Waals surface area contributed by atoms with Crippen molar-refractivity contribution in [1.29, 1.82) is 0 Å². The van der Waals surface area contributed by atoms with Crippen molar-refractivity contribution in [1.82, 2.24) is 10.4 Å². The molecule has 0 spiro atoms. The van der Waals surface area contributed by atoms with Gasteiger partial charge < -0.3 is 4.74 Å². The number of hydrazine groups is 1. The molecule has 4 heteroatoms. The lowest BCUT2D eigenvalue weighted by Crippen LogP contribution is -2.30. The van der Waals surface area contributed by atoms with Gasteiger partial charge in [-0.15, -0.1) is 0 Å². The number of pyridine rings is 1. The Bertz CT molecular complexity index is 376. The third kappa shape index (κ3) is 2.00. The number of aryl methyl sites for hydroxylation is 1. The fraction of sp³-hybridized carbons (Fsp3) is 0.364. The van der Waals surface area contributed by atoms with E-state index < -0.39 is 0 Å². The smallest absolute Gasteiger partial charge is 0.115 e. The van der Waals surface area contributed by atoms with E-state index in [2.05, 4.69) is 16.5 Å². The topological polar surface area (TPSA) is 60.2 Å². The van der Waals surface area contributed by atoms with Gasteiger partial charge in [0.25, 0.3) is 0 Å². The molecule has 0 bridgehead atoms. The zero-order valence-corrected chi connectivity index (χ0v) is 8.73.